The Hall–Kier alpha value is -2.31. The summed E-state index contributed by atoms with van der Waals surface area (Å²) in [6.45, 7) is 0. The van der Waals surface area contributed by atoms with E-state index in [2.05, 4.69) is 53.8 Å². The van der Waals surface area contributed by atoms with Crippen molar-refractivity contribution in [1.82, 2.24) is 14.3 Å². The summed E-state index contributed by atoms with van der Waals surface area (Å²) in [5, 5.41) is 3.36. The normalized spacial score (nSPS) is 10.8. The van der Waals surface area contributed by atoms with Crippen molar-refractivity contribution in [3.8, 4) is 11.1 Å². The van der Waals surface area contributed by atoms with E-state index in [1.807, 2.05) is 30.3 Å². The monoisotopic (exact) mass is 382 g/mol. The molecule has 2 aromatic heterocycles. The van der Waals surface area contributed by atoms with Crippen LogP contribution in [0.2, 0.25) is 0 Å². The summed E-state index contributed by atoms with van der Waals surface area (Å²) >= 11 is 5.04. The molecule has 0 bridgehead atoms. The molecular weight excluding hydrogens is 372 g/mol. The number of hydrogen-bond donors (Lipinski definition) is 1. The van der Waals surface area contributed by atoms with Gasteiger partial charge in [-0.05, 0) is 44.7 Å². The molecule has 0 radical (unpaired) electrons. The van der Waals surface area contributed by atoms with Crippen LogP contribution in [0.1, 0.15) is 0 Å². The molecule has 4 aromatic rings. The molecule has 0 amide bonds. The number of nitrogens with zero attached hydrogens (tertiary/aromatic N) is 3. The van der Waals surface area contributed by atoms with Crippen LogP contribution in [0.4, 0.5) is 11.5 Å². The summed E-state index contributed by atoms with van der Waals surface area (Å²) in [6, 6.07) is 16.4. The standard InChI is InChI=1S/C17H11BrN4S/c18-14-12(11-5-2-1-3-6-11)7-4-8-13(14)21-16-15-17(23-22-16)20-10-9-19-15/h1-10H,(H,21,22). The number of halogens is 1. The average molecular weight is 383 g/mol. The van der Waals surface area contributed by atoms with Crippen LogP contribution in [-0.2, 0) is 0 Å². The topological polar surface area (TPSA) is 50.7 Å². The molecular formula is C17H11BrN4S. The lowest BCUT2D eigenvalue weighted by Crippen LogP contribution is -1.94. The first-order valence-corrected chi connectivity index (χ1v) is 8.57. The molecule has 0 atom stereocenters. The zero-order valence-corrected chi connectivity index (χ0v) is 14.3. The second-order valence-corrected chi connectivity index (χ2v) is 6.44. The largest absolute Gasteiger partial charge is 0.337 e. The van der Waals surface area contributed by atoms with Gasteiger partial charge >= 0.3 is 0 Å². The highest BCUT2D eigenvalue weighted by atomic mass is 79.9. The third kappa shape index (κ3) is 2.71. The molecule has 0 aliphatic rings. The van der Waals surface area contributed by atoms with Crippen molar-refractivity contribution in [3.05, 3.63) is 65.4 Å². The second kappa shape index (κ2) is 6.06. The molecule has 4 nitrogen and oxygen atoms in total. The van der Waals surface area contributed by atoms with Gasteiger partial charge in [-0.25, -0.2) is 9.97 Å². The number of hydrogen-bond acceptors (Lipinski definition) is 5. The van der Waals surface area contributed by atoms with Gasteiger partial charge in [0.2, 0.25) is 0 Å². The van der Waals surface area contributed by atoms with Crippen LogP contribution in [0.5, 0.6) is 0 Å². The van der Waals surface area contributed by atoms with Crippen LogP contribution in [-0.4, -0.2) is 14.3 Å². The van der Waals surface area contributed by atoms with Gasteiger partial charge in [-0.15, -0.1) is 0 Å². The fraction of sp³-hybridized carbons (Fsp3) is 0. The predicted molar refractivity (Wildman–Crippen MR) is 98.1 cm³/mol. The van der Waals surface area contributed by atoms with Gasteiger partial charge in [-0.2, -0.15) is 4.37 Å². The Morgan fingerprint density at radius 1 is 0.913 bits per heavy atom. The van der Waals surface area contributed by atoms with Crippen LogP contribution in [0, 0.1) is 0 Å². The summed E-state index contributed by atoms with van der Waals surface area (Å²) in [6.07, 6.45) is 3.35. The maximum atomic E-state index is 4.42. The Morgan fingerprint density at radius 3 is 2.61 bits per heavy atom. The van der Waals surface area contributed by atoms with E-state index in [-0.39, 0.29) is 0 Å². The molecule has 0 aliphatic carbocycles. The number of fused-ring (bicyclic) bond motifs is 1. The van der Waals surface area contributed by atoms with Gasteiger partial charge in [0, 0.05) is 16.9 Å². The zero-order chi connectivity index (χ0) is 15.6. The van der Waals surface area contributed by atoms with Gasteiger partial charge in [-0.1, -0.05) is 42.5 Å². The van der Waals surface area contributed by atoms with E-state index in [0.29, 0.717) is 0 Å². The average Bonchev–Trinajstić information content (AvgIpc) is 3.01. The van der Waals surface area contributed by atoms with E-state index in [0.717, 1.165) is 37.5 Å². The first kappa shape index (κ1) is 14.3. The highest BCUT2D eigenvalue weighted by Crippen LogP contribution is 2.36. The Morgan fingerprint density at radius 2 is 1.74 bits per heavy atom. The zero-order valence-electron chi connectivity index (χ0n) is 11.9. The van der Waals surface area contributed by atoms with Crippen LogP contribution < -0.4 is 5.32 Å². The summed E-state index contributed by atoms with van der Waals surface area (Å²) in [7, 11) is 0. The van der Waals surface area contributed by atoms with Crippen LogP contribution in [0.15, 0.2) is 65.4 Å². The second-order valence-electron chi connectivity index (χ2n) is 4.90. The molecule has 2 aromatic carbocycles. The fourth-order valence-corrected chi connectivity index (χ4v) is 3.61. The maximum absolute atomic E-state index is 4.42. The third-order valence-electron chi connectivity index (χ3n) is 3.45. The predicted octanol–water partition coefficient (Wildman–Crippen LogP) is 5.26. The van der Waals surface area contributed by atoms with Gasteiger partial charge < -0.3 is 5.32 Å². The minimum atomic E-state index is 0.726. The molecule has 6 heteroatoms. The van der Waals surface area contributed by atoms with E-state index in [9.17, 15) is 0 Å². The van der Waals surface area contributed by atoms with Crippen LogP contribution >= 0.6 is 27.5 Å². The van der Waals surface area contributed by atoms with Gasteiger partial charge in [0.25, 0.3) is 0 Å². The summed E-state index contributed by atoms with van der Waals surface area (Å²) < 4.78 is 5.42. The molecule has 0 spiro atoms. The minimum absolute atomic E-state index is 0.726. The van der Waals surface area contributed by atoms with E-state index in [1.54, 1.807) is 12.4 Å². The fourth-order valence-electron chi connectivity index (χ4n) is 2.37. The molecule has 0 saturated heterocycles. The highest BCUT2D eigenvalue weighted by molar-refractivity contribution is 9.10. The van der Waals surface area contributed by atoms with Crippen LogP contribution in [0.3, 0.4) is 0 Å². The lowest BCUT2D eigenvalue weighted by molar-refractivity contribution is 1.31. The number of aromatic nitrogens is 3. The maximum Gasteiger partial charge on any atom is 0.172 e. The first-order chi connectivity index (χ1) is 11.3. The van der Waals surface area contributed by atoms with E-state index in [1.165, 1.54) is 11.5 Å². The summed E-state index contributed by atoms with van der Waals surface area (Å²) in [4.78, 5) is 9.45. The molecule has 0 saturated carbocycles. The van der Waals surface area contributed by atoms with Gasteiger partial charge in [0.1, 0.15) is 5.52 Å². The quantitative estimate of drug-likeness (QED) is 0.524. The molecule has 0 aliphatic heterocycles. The smallest absolute Gasteiger partial charge is 0.172 e. The molecule has 23 heavy (non-hydrogen) atoms. The molecule has 0 unspecified atom stereocenters. The van der Waals surface area contributed by atoms with E-state index < -0.39 is 0 Å². The van der Waals surface area contributed by atoms with Crippen molar-refractivity contribution in [2.75, 3.05) is 5.32 Å². The Labute approximate surface area is 145 Å². The van der Waals surface area contributed by atoms with Crippen molar-refractivity contribution >= 4 is 49.3 Å². The first-order valence-electron chi connectivity index (χ1n) is 7.00. The lowest BCUT2D eigenvalue weighted by atomic mass is 10.1. The molecule has 2 heterocycles. The molecule has 112 valence electrons. The Balaban J connectivity index is 1.76. The van der Waals surface area contributed by atoms with Crippen LogP contribution in [0.25, 0.3) is 21.5 Å². The molecule has 4 rings (SSSR count). The van der Waals surface area contributed by atoms with Crippen molar-refractivity contribution in [2.45, 2.75) is 0 Å². The van der Waals surface area contributed by atoms with Gasteiger partial charge in [0.15, 0.2) is 10.6 Å². The molecule has 1 N–H and O–H groups in total. The number of nitrogens with one attached hydrogen (secondary N) is 1. The highest BCUT2D eigenvalue weighted by Gasteiger charge is 2.12. The van der Waals surface area contributed by atoms with Crippen molar-refractivity contribution < 1.29 is 0 Å². The minimum Gasteiger partial charge on any atom is -0.337 e. The number of anilines is 2. The van der Waals surface area contributed by atoms with Gasteiger partial charge in [-0.3, -0.25) is 0 Å². The van der Waals surface area contributed by atoms with Crippen molar-refractivity contribution in [1.29, 1.82) is 0 Å². The lowest BCUT2D eigenvalue weighted by Gasteiger charge is -2.11. The third-order valence-corrected chi connectivity index (χ3v) is 5.05. The van der Waals surface area contributed by atoms with E-state index >= 15 is 0 Å². The van der Waals surface area contributed by atoms with Crippen molar-refractivity contribution in [2.24, 2.45) is 0 Å². The summed E-state index contributed by atoms with van der Waals surface area (Å²) in [5.41, 5.74) is 4.02. The Kier molecular flexibility index (Phi) is 3.77. The SMILES string of the molecule is Brc1c(Nc2nsc3nccnc23)cccc1-c1ccccc1. The van der Waals surface area contributed by atoms with E-state index in [4.69, 9.17) is 0 Å². The Bertz CT molecular complexity index is 969. The summed E-state index contributed by atoms with van der Waals surface area (Å²) in [5.74, 6) is 0.726. The van der Waals surface area contributed by atoms with Gasteiger partial charge in [0.05, 0.1) is 5.69 Å². The molecule has 0 fully saturated rings. The number of benzene rings is 2. The number of rotatable bonds is 3. The van der Waals surface area contributed by atoms with Crippen molar-refractivity contribution in [3.63, 3.8) is 0 Å².